The van der Waals surface area contributed by atoms with Crippen LogP contribution >= 0.6 is 0 Å². The first-order chi connectivity index (χ1) is 9.59. The molecule has 1 aromatic rings. The summed E-state index contributed by atoms with van der Waals surface area (Å²) in [6.07, 6.45) is -4.41. The van der Waals surface area contributed by atoms with Crippen molar-refractivity contribution in [3.8, 4) is 0 Å². The molecular formula is C11H13F3N2O4S. The molecule has 0 saturated heterocycles. The van der Waals surface area contributed by atoms with Gasteiger partial charge < -0.3 is 10.1 Å². The van der Waals surface area contributed by atoms with Crippen LogP contribution in [0, 0.1) is 0 Å². The molecule has 0 aliphatic rings. The zero-order valence-electron chi connectivity index (χ0n) is 10.7. The number of primary sulfonamides is 1. The number of hydrogen-bond acceptors (Lipinski definition) is 4. The molecular weight excluding hydrogens is 313 g/mol. The fourth-order valence-electron chi connectivity index (χ4n) is 1.32. The summed E-state index contributed by atoms with van der Waals surface area (Å²) in [5, 5.41) is 7.23. The number of hydrogen-bond donors (Lipinski definition) is 2. The van der Waals surface area contributed by atoms with Crippen molar-refractivity contribution in [1.29, 1.82) is 0 Å². The standard InChI is InChI=1S/C11H13F3N2O4S/c12-11(13,14)7-20-6-5-16-10(17)8-1-3-9(4-2-8)21(15,18)19/h1-4H,5-7H2,(H,16,17)(H2,15,18,19). The maximum atomic E-state index is 11.8. The normalized spacial score (nSPS) is 12.2. The molecule has 0 radical (unpaired) electrons. The predicted octanol–water partition coefficient (Wildman–Crippen LogP) is 0.643. The maximum absolute atomic E-state index is 11.8. The zero-order valence-corrected chi connectivity index (χ0v) is 11.5. The number of halogens is 3. The fourth-order valence-corrected chi connectivity index (χ4v) is 1.84. The van der Waals surface area contributed by atoms with E-state index in [1.807, 2.05) is 0 Å². The largest absolute Gasteiger partial charge is 0.411 e. The second-order valence-electron chi connectivity index (χ2n) is 3.99. The van der Waals surface area contributed by atoms with Gasteiger partial charge in [-0.25, -0.2) is 13.6 Å². The van der Waals surface area contributed by atoms with Crippen LogP contribution in [0.3, 0.4) is 0 Å². The Kier molecular flexibility index (Phi) is 5.70. The van der Waals surface area contributed by atoms with Gasteiger partial charge in [-0.05, 0) is 24.3 Å². The van der Waals surface area contributed by atoms with Crippen molar-refractivity contribution >= 4 is 15.9 Å². The van der Waals surface area contributed by atoms with Crippen molar-refractivity contribution in [1.82, 2.24) is 5.32 Å². The summed E-state index contributed by atoms with van der Waals surface area (Å²) in [7, 11) is -3.84. The molecule has 6 nitrogen and oxygen atoms in total. The first kappa shape index (κ1) is 17.4. The molecule has 0 spiro atoms. The summed E-state index contributed by atoms with van der Waals surface area (Å²) in [6.45, 7) is -1.78. The molecule has 10 heteroatoms. The lowest BCUT2D eigenvalue weighted by atomic mass is 10.2. The Bertz CT molecular complexity index is 584. The van der Waals surface area contributed by atoms with Crippen LogP contribution in [0.1, 0.15) is 10.4 Å². The molecule has 0 bridgehead atoms. The van der Waals surface area contributed by atoms with Crippen molar-refractivity contribution in [2.24, 2.45) is 5.14 Å². The molecule has 0 unspecified atom stereocenters. The number of nitrogens with one attached hydrogen (secondary N) is 1. The number of nitrogens with two attached hydrogens (primary N) is 1. The summed E-state index contributed by atoms with van der Waals surface area (Å²) >= 11 is 0. The van der Waals surface area contributed by atoms with Gasteiger partial charge in [0.2, 0.25) is 10.0 Å². The molecule has 1 aromatic carbocycles. The quantitative estimate of drug-likeness (QED) is 0.750. The highest BCUT2D eigenvalue weighted by molar-refractivity contribution is 7.89. The van der Waals surface area contributed by atoms with E-state index in [0.29, 0.717) is 0 Å². The van der Waals surface area contributed by atoms with E-state index in [-0.39, 0.29) is 23.6 Å². The average molecular weight is 326 g/mol. The Balaban J connectivity index is 2.43. The topological polar surface area (TPSA) is 98.5 Å². The Morgan fingerprint density at radius 3 is 2.29 bits per heavy atom. The second-order valence-corrected chi connectivity index (χ2v) is 5.55. The van der Waals surface area contributed by atoms with Crippen LogP contribution < -0.4 is 10.5 Å². The summed E-state index contributed by atoms with van der Waals surface area (Å²) < 4.78 is 61.6. The van der Waals surface area contributed by atoms with E-state index in [9.17, 15) is 26.4 Å². The number of ether oxygens (including phenoxy) is 1. The summed E-state index contributed by atoms with van der Waals surface area (Å²) in [5.74, 6) is -0.563. The zero-order chi connectivity index (χ0) is 16.1. The maximum Gasteiger partial charge on any atom is 0.411 e. The van der Waals surface area contributed by atoms with E-state index in [4.69, 9.17) is 5.14 Å². The molecule has 0 saturated carbocycles. The van der Waals surface area contributed by atoms with Gasteiger partial charge in [-0.2, -0.15) is 13.2 Å². The van der Waals surface area contributed by atoms with E-state index in [2.05, 4.69) is 10.1 Å². The average Bonchev–Trinajstić information content (AvgIpc) is 2.36. The summed E-state index contributed by atoms with van der Waals surface area (Å²) in [5.41, 5.74) is 0.151. The Hall–Kier alpha value is -1.65. The fraction of sp³-hybridized carbons (Fsp3) is 0.364. The number of alkyl halides is 3. The van der Waals surface area contributed by atoms with Gasteiger partial charge in [-0.3, -0.25) is 4.79 Å². The molecule has 0 aromatic heterocycles. The van der Waals surface area contributed by atoms with Crippen LogP contribution in [-0.4, -0.2) is 40.3 Å². The van der Waals surface area contributed by atoms with Crippen LogP contribution in [0.15, 0.2) is 29.2 Å². The lowest BCUT2D eigenvalue weighted by Crippen LogP contribution is -2.28. The second kappa shape index (κ2) is 6.87. The number of sulfonamides is 1. The number of carbonyl (C=O) groups excluding carboxylic acids is 1. The monoisotopic (exact) mass is 326 g/mol. The SMILES string of the molecule is NS(=O)(=O)c1ccc(C(=O)NCCOCC(F)(F)F)cc1. The van der Waals surface area contributed by atoms with Crippen molar-refractivity contribution in [2.75, 3.05) is 19.8 Å². The van der Waals surface area contributed by atoms with E-state index >= 15 is 0 Å². The van der Waals surface area contributed by atoms with Crippen molar-refractivity contribution < 1.29 is 31.1 Å². The molecule has 0 aliphatic heterocycles. The Labute approximate surface area is 119 Å². The third-order valence-electron chi connectivity index (χ3n) is 2.24. The van der Waals surface area contributed by atoms with Crippen molar-refractivity contribution in [3.05, 3.63) is 29.8 Å². The van der Waals surface area contributed by atoms with Crippen LogP contribution in [0.25, 0.3) is 0 Å². The van der Waals surface area contributed by atoms with Gasteiger partial charge in [-0.15, -0.1) is 0 Å². The molecule has 0 atom stereocenters. The van der Waals surface area contributed by atoms with Gasteiger partial charge >= 0.3 is 6.18 Å². The van der Waals surface area contributed by atoms with Gasteiger partial charge in [0.15, 0.2) is 0 Å². The van der Waals surface area contributed by atoms with Gasteiger partial charge in [0.05, 0.1) is 11.5 Å². The lowest BCUT2D eigenvalue weighted by Gasteiger charge is -2.08. The predicted molar refractivity (Wildman–Crippen MR) is 67.0 cm³/mol. The number of amides is 1. The van der Waals surface area contributed by atoms with Gasteiger partial charge in [0, 0.05) is 12.1 Å². The van der Waals surface area contributed by atoms with E-state index < -0.39 is 28.7 Å². The highest BCUT2D eigenvalue weighted by atomic mass is 32.2. The Morgan fingerprint density at radius 2 is 1.81 bits per heavy atom. The van der Waals surface area contributed by atoms with Gasteiger partial charge in [0.25, 0.3) is 5.91 Å². The van der Waals surface area contributed by atoms with E-state index in [1.54, 1.807) is 0 Å². The minimum atomic E-state index is -4.41. The summed E-state index contributed by atoms with van der Waals surface area (Å²) in [4.78, 5) is 11.5. The van der Waals surface area contributed by atoms with Crippen LogP contribution in [0.4, 0.5) is 13.2 Å². The van der Waals surface area contributed by atoms with Gasteiger partial charge in [-0.1, -0.05) is 0 Å². The summed E-state index contributed by atoms with van der Waals surface area (Å²) in [6, 6.07) is 4.80. The number of benzene rings is 1. The number of carbonyl (C=O) groups is 1. The van der Waals surface area contributed by atoms with Crippen LogP contribution in [0.2, 0.25) is 0 Å². The molecule has 3 N–H and O–H groups in total. The van der Waals surface area contributed by atoms with Crippen LogP contribution in [-0.2, 0) is 14.8 Å². The van der Waals surface area contributed by atoms with Gasteiger partial charge in [0.1, 0.15) is 6.61 Å². The molecule has 0 heterocycles. The van der Waals surface area contributed by atoms with Crippen molar-refractivity contribution in [2.45, 2.75) is 11.1 Å². The van der Waals surface area contributed by atoms with E-state index in [0.717, 1.165) is 12.1 Å². The highest BCUT2D eigenvalue weighted by Gasteiger charge is 2.27. The first-order valence-corrected chi connectivity index (χ1v) is 7.20. The van der Waals surface area contributed by atoms with Crippen LogP contribution in [0.5, 0.6) is 0 Å². The third kappa shape index (κ3) is 6.56. The Morgan fingerprint density at radius 1 is 1.24 bits per heavy atom. The first-order valence-electron chi connectivity index (χ1n) is 5.65. The minimum absolute atomic E-state index is 0.105. The molecule has 118 valence electrons. The molecule has 1 amide bonds. The molecule has 0 aliphatic carbocycles. The van der Waals surface area contributed by atoms with E-state index in [1.165, 1.54) is 12.1 Å². The third-order valence-corrected chi connectivity index (χ3v) is 3.17. The molecule has 1 rings (SSSR count). The highest BCUT2D eigenvalue weighted by Crippen LogP contribution is 2.14. The molecule has 21 heavy (non-hydrogen) atoms. The smallest absolute Gasteiger partial charge is 0.370 e. The van der Waals surface area contributed by atoms with Crippen molar-refractivity contribution in [3.63, 3.8) is 0 Å². The molecule has 0 fully saturated rings. The minimum Gasteiger partial charge on any atom is -0.370 e. The number of rotatable bonds is 6. The lowest BCUT2D eigenvalue weighted by molar-refractivity contribution is -0.173.